The summed E-state index contributed by atoms with van der Waals surface area (Å²) in [6.45, 7) is 0. The molecule has 2 aromatic rings. The largest absolute Gasteiger partial charge is 0.477 e. The van der Waals surface area contributed by atoms with Crippen LogP contribution in [0.3, 0.4) is 0 Å². The highest BCUT2D eigenvalue weighted by molar-refractivity contribution is 9.10. The molecule has 0 aliphatic rings. The number of nitro benzene ring substituents is 1. The van der Waals surface area contributed by atoms with Crippen LogP contribution in [0.2, 0.25) is 0 Å². The number of benzene rings is 2. The molecule has 0 heterocycles. The highest BCUT2D eigenvalue weighted by atomic mass is 79.9. The van der Waals surface area contributed by atoms with Gasteiger partial charge in [0.25, 0.3) is 5.69 Å². The summed E-state index contributed by atoms with van der Waals surface area (Å²) in [4.78, 5) is 21.0. The van der Waals surface area contributed by atoms with Gasteiger partial charge in [-0.25, -0.2) is 9.18 Å². The molecule has 0 unspecified atom stereocenters. The highest BCUT2D eigenvalue weighted by Gasteiger charge is 2.20. The summed E-state index contributed by atoms with van der Waals surface area (Å²) < 4.78 is 13.7. The van der Waals surface area contributed by atoms with E-state index in [1.165, 1.54) is 24.3 Å². The number of nitro groups is 1. The van der Waals surface area contributed by atoms with Crippen LogP contribution in [0.4, 0.5) is 21.5 Å². The molecule has 2 aromatic carbocycles. The molecule has 2 N–H and O–H groups in total. The minimum Gasteiger partial charge on any atom is -0.477 e. The molecule has 0 atom stereocenters. The fraction of sp³-hybridized carbons (Fsp3) is 0. The predicted molar refractivity (Wildman–Crippen MR) is 77.4 cm³/mol. The third-order valence-corrected chi connectivity index (χ3v) is 3.32. The smallest absolute Gasteiger partial charge is 0.342 e. The third kappa shape index (κ3) is 3.34. The van der Waals surface area contributed by atoms with Gasteiger partial charge in [0.05, 0.1) is 10.6 Å². The van der Waals surface area contributed by atoms with E-state index >= 15 is 0 Å². The fourth-order valence-corrected chi connectivity index (χ4v) is 2.04. The Morgan fingerprint density at radius 3 is 2.62 bits per heavy atom. The lowest BCUT2D eigenvalue weighted by Gasteiger charge is -2.09. The van der Waals surface area contributed by atoms with Crippen LogP contribution in [0.1, 0.15) is 10.4 Å². The summed E-state index contributed by atoms with van der Waals surface area (Å²) in [6, 6.07) is 7.52. The van der Waals surface area contributed by atoms with Gasteiger partial charge in [-0.2, -0.15) is 0 Å². The zero-order chi connectivity index (χ0) is 15.6. The van der Waals surface area contributed by atoms with E-state index in [0.29, 0.717) is 10.2 Å². The Hall–Kier alpha value is -2.48. The number of anilines is 2. The SMILES string of the molecule is O=C(O)c1ccc(Nc2cc(F)ccc2Br)cc1[N+](=O)[O-]. The maximum absolute atomic E-state index is 13.2. The van der Waals surface area contributed by atoms with Gasteiger partial charge in [-0.05, 0) is 46.3 Å². The number of hydrogen-bond acceptors (Lipinski definition) is 4. The Morgan fingerprint density at radius 1 is 1.29 bits per heavy atom. The average molecular weight is 355 g/mol. The normalized spacial score (nSPS) is 10.2. The summed E-state index contributed by atoms with van der Waals surface area (Å²) in [5.74, 6) is -1.86. The minimum atomic E-state index is -1.39. The van der Waals surface area contributed by atoms with E-state index in [9.17, 15) is 19.3 Å². The molecule has 2 rings (SSSR count). The van der Waals surface area contributed by atoms with E-state index in [2.05, 4.69) is 21.2 Å². The first-order chi connectivity index (χ1) is 9.88. The van der Waals surface area contributed by atoms with Crippen LogP contribution in [-0.2, 0) is 0 Å². The summed E-state index contributed by atoms with van der Waals surface area (Å²) in [5, 5.41) is 22.6. The standard InChI is InChI=1S/C13H8BrFN2O4/c14-10-4-1-7(15)5-11(10)16-8-2-3-9(13(18)19)12(6-8)17(20)21/h1-6,16H,(H,18,19). The van der Waals surface area contributed by atoms with Crippen molar-refractivity contribution in [1.29, 1.82) is 0 Å². The molecule has 0 saturated heterocycles. The van der Waals surface area contributed by atoms with Crippen LogP contribution < -0.4 is 5.32 Å². The number of nitrogens with zero attached hydrogens (tertiary/aromatic N) is 1. The van der Waals surface area contributed by atoms with Crippen molar-refractivity contribution in [3.8, 4) is 0 Å². The number of aromatic carboxylic acids is 1. The first-order valence-electron chi connectivity index (χ1n) is 5.62. The van der Waals surface area contributed by atoms with E-state index < -0.39 is 28.0 Å². The third-order valence-electron chi connectivity index (χ3n) is 2.63. The molecule has 6 nitrogen and oxygen atoms in total. The number of carbonyl (C=O) groups is 1. The summed E-state index contributed by atoms with van der Waals surface area (Å²) in [7, 11) is 0. The first kappa shape index (κ1) is 14.9. The van der Waals surface area contributed by atoms with Crippen molar-refractivity contribution < 1.29 is 19.2 Å². The maximum Gasteiger partial charge on any atom is 0.342 e. The molecule has 0 aliphatic heterocycles. The van der Waals surface area contributed by atoms with Gasteiger partial charge in [0, 0.05) is 16.2 Å². The van der Waals surface area contributed by atoms with E-state index in [1.807, 2.05) is 0 Å². The minimum absolute atomic E-state index is 0.276. The molecule has 0 saturated carbocycles. The number of carboxylic acids is 1. The molecule has 108 valence electrons. The Kier molecular flexibility index (Phi) is 4.18. The maximum atomic E-state index is 13.2. The lowest BCUT2D eigenvalue weighted by Crippen LogP contribution is -2.03. The molecule has 8 heteroatoms. The van der Waals surface area contributed by atoms with Crippen LogP contribution in [-0.4, -0.2) is 16.0 Å². The Balaban J connectivity index is 2.41. The second kappa shape index (κ2) is 5.88. The molecular formula is C13H8BrFN2O4. The van der Waals surface area contributed by atoms with Gasteiger partial charge in [-0.3, -0.25) is 10.1 Å². The van der Waals surface area contributed by atoms with Crippen molar-refractivity contribution in [2.24, 2.45) is 0 Å². The average Bonchev–Trinajstić information content (AvgIpc) is 2.42. The number of hydrogen-bond donors (Lipinski definition) is 2. The van der Waals surface area contributed by atoms with E-state index in [-0.39, 0.29) is 5.69 Å². The van der Waals surface area contributed by atoms with Crippen LogP contribution in [0.15, 0.2) is 40.9 Å². The van der Waals surface area contributed by atoms with Gasteiger partial charge in [0.15, 0.2) is 0 Å². The van der Waals surface area contributed by atoms with Gasteiger partial charge >= 0.3 is 5.97 Å². The van der Waals surface area contributed by atoms with Gasteiger partial charge in [0.2, 0.25) is 0 Å². The zero-order valence-electron chi connectivity index (χ0n) is 10.3. The zero-order valence-corrected chi connectivity index (χ0v) is 11.9. The Morgan fingerprint density at radius 2 is 2.00 bits per heavy atom. The van der Waals surface area contributed by atoms with E-state index in [0.717, 1.165) is 12.1 Å². The molecule has 0 aromatic heterocycles. The fourth-order valence-electron chi connectivity index (χ4n) is 1.69. The van der Waals surface area contributed by atoms with Gasteiger partial charge < -0.3 is 10.4 Å². The van der Waals surface area contributed by atoms with Crippen molar-refractivity contribution >= 4 is 39.0 Å². The molecule has 0 amide bonds. The van der Waals surface area contributed by atoms with Crippen molar-refractivity contribution in [3.05, 3.63) is 62.4 Å². The molecule has 0 radical (unpaired) electrons. The lowest BCUT2D eigenvalue weighted by molar-refractivity contribution is -0.385. The second-order valence-electron chi connectivity index (χ2n) is 4.04. The van der Waals surface area contributed by atoms with Crippen molar-refractivity contribution in [2.75, 3.05) is 5.32 Å². The van der Waals surface area contributed by atoms with Crippen LogP contribution in [0, 0.1) is 15.9 Å². The van der Waals surface area contributed by atoms with E-state index in [1.54, 1.807) is 0 Å². The highest BCUT2D eigenvalue weighted by Crippen LogP contribution is 2.29. The molecule has 0 spiro atoms. The van der Waals surface area contributed by atoms with Gasteiger partial charge in [-0.15, -0.1) is 0 Å². The van der Waals surface area contributed by atoms with Crippen LogP contribution >= 0.6 is 15.9 Å². The summed E-state index contributed by atoms with van der Waals surface area (Å²) in [5.41, 5.74) is -0.311. The van der Waals surface area contributed by atoms with Gasteiger partial charge in [-0.1, -0.05) is 0 Å². The van der Waals surface area contributed by atoms with Crippen molar-refractivity contribution in [3.63, 3.8) is 0 Å². The number of carboxylic acid groups (broad SMARTS) is 1. The quantitative estimate of drug-likeness (QED) is 0.640. The van der Waals surface area contributed by atoms with Crippen molar-refractivity contribution in [1.82, 2.24) is 0 Å². The predicted octanol–water partition coefficient (Wildman–Crippen LogP) is 3.94. The molecule has 21 heavy (non-hydrogen) atoms. The van der Waals surface area contributed by atoms with Crippen LogP contribution in [0.25, 0.3) is 0 Å². The topological polar surface area (TPSA) is 92.5 Å². The van der Waals surface area contributed by atoms with Gasteiger partial charge in [0.1, 0.15) is 11.4 Å². The van der Waals surface area contributed by atoms with E-state index in [4.69, 9.17) is 5.11 Å². The molecule has 0 fully saturated rings. The number of rotatable bonds is 4. The Labute approximate surface area is 126 Å². The number of nitrogens with one attached hydrogen (secondary N) is 1. The molecule has 0 aliphatic carbocycles. The first-order valence-corrected chi connectivity index (χ1v) is 6.41. The summed E-state index contributed by atoms with van der Waals surface area (Å²) in [6.07, 6.45) is 0. The van der Waals surface area contributed by atoms with Crippen molar-refractivity contribution in [2.45, 2.75) is 0 Å². The molecule has 0 bridgehead atoms. The Bertz CT molecular complexity index is 736. The lowest BCUT2D eigenvalue weighted by atomic mass is 10.1. The summed E-state index contributed by atoms with van der Waals surface area (Å²) >= 11 is 3.22. The second-order valence-corrected chi connectivity index (χ2v) is 4.90. The molecular weight excluding hydrogens is 347 g/mol. The number of halogens is 2. The van der Waals surface area contributed by atoms with Crippen LogP contribution in [0.5, 0.6) is 0 Å². The monoisotopic (exact) mass is 354 g/mol.